The van der Waals surface area contributed by atoms with Crippen molar-refractivity contribution in [2.75, 3.05) is 24.2 Å². The Labute approximate surface area is 179 Å². The smallest absolute Gasteiger partial charge is 0.249 e. The predicted octanol–water partition coefficient (Wildman–Crippen LogP) is 2.62. The van der Waals surface area contributed by atoms with Crippen LogP contribution in [0.1, 0.15) is 24.4 Å². The molecular formula is C20H20F3N5O2S. The van der Waals surface area contributed by atoms with Crippen LogP contribution in [0.4, 0.5) is 19.0 Å². The van der Waals surface area contributed by atoms with Crippen molar-refractivity contribution in [3.05, 3.63) is 47.8 Å². The second-order valence-corrected chi connectivity index (χ2v) is 8.79. The van der Waals surface area contributed by atoms with Crippen molar-refractivity contribution in [3.63, 3.8) is 0 Å². The highest BCUT2D eigenvalue weighted by atomic mass is 32.2. The first-order chi connectivity index (χ1) is 14.8. The molecule has 164 valence electrons. The summed E-state index contributed by atoms with van der Waals surface area (Å²) in [6.45, 7) is 0.292. The predicted molar refractivity (Wildman–Crippen MR) is 109 cm³/mol. The van der Waals surface area contributed by atoms with Crippen LogP contribution < -0.4 is 4.90 Å². The van der Waals surface area contributed by atoms with Crippen LogP contribution in [0, 0.1) is 17.6 Å². The van der Waals surface area contributed by atoms with E-state index >= 15 is 4.39 Å². The molecule has 0 unspecified atom stereocenters. The van der Waals surface area contributed by atoms with Crippen molar-refractivity contribution < 1.29 is 22.2 Å². The molecule has 0 spiro atoms. The van der Waals surface area contributed by atoms with Gasteiger partial charge in [-0.1, -0.05) is 0 Å². The van der Waals surface area contributed by atoms with Crippen molar-refractivity contribution in [1.82, 2.24) is 15.0 Å². The molecule has 2 aliphatic rings. The molecule has 1 amide bonds. The highest BCUT2D eigenvalue weighted by molar-refractivity contribution is 7.84. The van der Waals surface area contributed by atoms with E-state index in [-0.39, 0.29) is 18.5 Å². The van der Waals surface area contributed by atoms with Crippen molar-refractivity contribution in [2.45, 2.75) is 30.1 Å². The summed E-state index contributed by atoms with van der Waals surface area (Å²) in [7, 11) is -1.30. The maximum absolute atomic E-state index is 15.0. The molecule has 2 aromatic rings. The zero-order valence-electron chi connectivity index (χ0n) is 16.6. The minimum Gasteiger partial charge on any atom is -0.354 e. The standard InChI is InChI=1S/C20H20F3N5O2S/c1-31(30)19-9-18(24-11-25-19)27-5-3-15(16(23)10-27)20(29)28-17(2-4-26-28)12-6-13(21)8-14(22)7-12/h4,6-9,11,15-17H,2-3,5,10H2,1H3/t15-,16+,17+,31+/m0/s1. The minimum absolute atomic E-state index is 0.0694. The lowest BCUT2D eigenvalue weighted by atomic mass is 9.92. The van der Waals surface area contributed by atoms with E-state index in [2.05, 4.69) is 15.1 Å². The summed E-state index contributed by atoms with van der Waals surface area (Å²) in [6, 6.07) is 3.94. The zero-order valence-corrected chi connectivity index (χ0v) is 17.4. The Morgan fingerprint density at radius 3 is 2.58 bits per heavy atom. The highest BCUT2D eigenvalue weighted by Crippen LogP contribution is 2.34. The molecule has 2 aliphatic heterocycles. The lowest BCUT2D eigenvalue weighted by molar-refractivity contribution is -0.140. The topological polar surface area (TPSA) is 78.8 Å². The third-order valence-electron chi connectivity index (χ3n) is 5.43. The first-order valence-corrected chi connectivity index (χ1v) is 11.3. The maximum Gasteiger partial charge on any atom is 0.249 e. The van der Waals surface area contributed by atoms with Crippen LogP contribution in [0.2, 0.25) is 0 Å². The van der Waals surface area contributed by atoms with E-state index in [9.17, 15) is 17.8 Å². The number of carbonyl (C=O) groups is 1. The second-order valence-electron chi connectivity index (χ2n) is 7.46. The summed E-state index contributed by atoms with van der Waals surface area (Å²) in [5.74, 6) is -2.50. The largest absolute Gasteiger partial charge is 0.354 e. The number of aromatic nitrogens is 2. The van der Waals surface area contributed by atoms with E-state index in [1.165, 1.54) is 18.8 Å². The van der Waals surface area contributed by atoms with Gasteiger partial charge in [0, 0.05) is 37.6 Å². The van der Waals surface area contributed by atoms with Gasteiger partial charge in [0.25, 0.3) is 0 Å². The normalized spacial score (nSPS) is 24.5. The fourth-order valence-corrected chi connectivity index (χ4v) is 4.36. The molecule has 1 fully saturated rings. The van der Waals surface area contributed by atoms with Crippen molar-refractivity contribution >= 4 is 28.7 Å². The van der Waals surface area contributed by atoms with Crippen molar-refractivity contribution in [1.29, 1.82) is 0 Å². The highest BCUT2D eigenvalue weighted by Gasteiger charge is 2.40. The van der Waals surface area contributed by atoms with Crippen LogP contribution in [0.5, 0.6) is 0 Å². The number of benzene rings is 1. The quantitative estimate of drug-likeness (QED) is 0.668. The van der Waals surface area contributed by atoms with Gasteiger partial charge in [0.2, 0.25) is 5.91 Å². The molecule has 0 radical (unpaired) electrons. The Kier molecular flexibility index (Phi) is 6.03. The van der Waals surface area contributed by atoms with Crippen molar-refractivity contribution in [2.24, 2.45) is 11.0 Å². The third kappa shape index (κ3) is 4.46. The molecule has 0 N–H and O–H groups in total. The lowest BCUT2D eigenvalue weighted by Crippen LogP contribution is -2.48. The Hall–Kier alpha value is -2.82. The molecule has 0 aliphatic carbocycles. The van der Waals surface area contributed by atoms with Gasteiger partial charge in [-0.2, -0.15) is 5.10 Å². The number of hydrazone groups is 1. The average Bonchev–Trinajstić information content (AvgIpc) is 3.22. The van der Waals surface area contributed by atoms with E-state index in [1.807, 2.05) is 0 Å². The Balaban J connectivity index is 1.48. The van der Waals surface area contributed by atoms with Gasteiger partial charge in [0.15, 0.2) is 0 Å². The molecule has 1 aromatic heterocycles. The van der Waals surface area contributed by atoms with Gasteiger partial charge in [-0.3, -0.25) is 9.00 Å². The number of halogens is 3. The van der Waals surface area contributed by atoms with Crippen LogP contribution in [0.3, 0.4) is 0 Å². The molecule has 3 heterocycles. The zero-order chi connectivity index (χ0) is 22.1. The van der Waals surface area contributed by atoms with Gasteiger partial charge in [-0.25, -0.2) is 28.1 Å². The molecular weight excluding hydrogens is 431 g/mol. The van der Waals surface area contributed by atoms with Crippen LogP contribution in [0.15, 0.2) is 40.7 Å². The molecule has 0 saturated carbocycles. The number of amides is 1. The van der Waals surface area contributed by atoms with E-state index in [1.54, 1.807) is 11.0 Å². The number of hydrogen-bond acceptors (Lipinski definition) is 6. The third-order valence-corrected chi connectivity index (χ3v) is 6.24. The molecule has 1 saturated heterocycles. The van der Waals surface area contributed by atoms with E-state index < -0.39 is 46.5 Å². The SMILES string of the molecule is C[S@@](=O)c1cc(N2CC[C@H](C(=O)N3N=CC[C@@H]3c3cc(F)cc(F)c3)[C@H](F)C2)ncn1. The maximum atomic E-state index is 15.0. The Morgan fingerprint density at radius 2 is 1.90 bits per heavy atom. The number of rotatable bonds is 4. The lowest BCUT2D eigenvalue weighted by Gasteiger charge is -2.36. The van der Waals surface area contributed by atoms with Gasteiger partial charge in [-0.05, 0) is 24.1 Å². The van der Waals surface area contributed by atoms with Crippen LogP contribution in [-0.4, -0.2) is 56.8 Å². The van der Waals surface area contributed by atoms with Gasteiger partial charge in [0.1, 0.15) is 35.0 Å². The first kappa shape index (κ1) is 21.4. The number of hydrogen-bond donors (Lipinski definition) is 0. The molecule has 4 rings (SSSR count). The summed E-state index contributed by atoms with van der Waals surface area (Å²) < 4.78 is 53.9. The Bertz CT molecular complexity index is 1030. The van der Waals surface area contributed by atoms with Crippen LogP contribution in [-0.2, 0) is 15.6 Å². The number of anilines is 1. The molecule has 31 heavy (non-hydrogen) atoms. The number of carbonyl (C=O) groups excluding carboxylic acids is 1. The monoisotopic (exact) mass is 451 g/mol. The molecule has 0 bridgehead atoms. The second kappa shape index (κ2) is 8.74. The summed E-state index contributed by atoms with van der Waals surface area (Å²) in [5.41, 5.74) is 0.275. The molecule has 7 nitrogen and oxygen atoms in total. The van der Waals surface area contributed by atoms with Gasteiger partial charge < -0.3 is 4.90 Å². The van der Waals surface area contributed by atoms with E-state index in [4.69, 9.17) is 0 Å². The van der Waals surface area contributed by atoms with Gasteiger partial charge >= 0.3 is 0 Å². The Morgan fingerprint density at radius 1 is 1.16 bits per heavy atom. The molecule has 1 aromatic carbocycles. The number of piperidine rings is 1. The average molecular weight is 451 g/mol. The fourth-order valence-electron chi connectivity index (χ4n) is 3.89. The van der Waals surface area contributed by atoms with Gasteiger partial charge in [-0.15, -0.1) is 0 Å². The summed E-state index contributed by atoms with van der Waals surface area (Å²) >= 11 is 0. The molecule has 11 heteroatoms. The van der Waals surface area contributed by atoms with E-state index in [0.29, 0.717) is 23.8 Å². The van der Waals surface area contributed by atoms with Crippen molar-refractivity contribution in [3.8, 4) is 0 Å². The summed E-state index contributed by atoms with van der Waals surface area (Å²) in [5, 5.41) is 5.52. The molecule has 4 atom stereocenters. The number of alkyl halides is 1. The van der Waals surface area contributed by atoms with Gasteiger partial charge in [0.05, 0.1) is 29.3 Å². The minimum atomic E-state index is -1.49. The summed E-state index contributed by atoms with van der Waals surface area (Å²) in [6.07, 6.45) is 3.27. The summed E-state index contributed by atoms with van der Waals surface area (Å²) in [4.78, 5) is 22.8. The van der Waals surface area contributed by atoms with E-state index in [0.717, 1.165) is 23.2 Å². The van der Waals surface area contributed by atoms with Crippen LogP contribution >= 0.6 is 0 Å². The first-order valence-electron chi connectivity index (χ1n) is 9.69. The van der Waals surface area contributed by atoms with Crippen LogP contribution in [0.25, 0.3) is 0 Å². The fraction of sp³-hybridized carbons (Fsp3) is 0.400. The number of nitrogens with zero attached hydrogens (tertiary/aromatic N) is 5.